The number of nitrogens with zero attached hydrogens (tertiary/aromatic N) is 2. The number of methoxy groups -OCH3 is 1. The van der Waals surface area contributed by atoms with Crippen LogP contribution in [0.1, 0.15) is 16.1 Å². The van der Waals surface area contributed by atoms with Crippen molar-refractivity contribution in [1.82, 2.24) is 9.97 Å². The van der Waals surface area contributed by atoms with E-state index in [1.807, 2.05) is 18.2 Å². The van der Waals surface area contributed by atoms with Crippen LogP contribution in [0.3, 0.4) is 0 Å². The number of carbonyl (C=O) groups is 1. The molecule has 0 atom stereocenters. The summed E-state index contributed by atoms with van der Waals surface area (Å²) in [5.74, 6) is 2.33. The van der Waals surface area contributed by atoms with Gasteiger partial charge in [0.25, 0.3) is 5.91 Å². The average Bonchev–Trinajstić information content (AvgIpc) is 3.20. The van der Waals surface area contributed by atoms with Crippen LogP contribution in [0, 0.1) is 0 Å². The number of amides is 1. The Morgan fingerprint density at radius 1 is 1.11 bits per heavy atom. The molecule has 8 heteroatoms. The Morgan fingerprint density at radius 3 is 2.89 bits per heavy atom. The van der Waals surface area contributed by atoms with Gasteiger partial charge in [0.1, 0.15) is 23.6 Å². The molecule has 0 fully saturated rings. The Balaban J connectivity index is 1.41. The number of rotatable bonds is 6. The van der Waals surface area contributed by atoms with E-state index in [-0.39, 0.29) is 18.4 Å². The van der Waals surface area contributed by atoms with E-state index in [0.29, 0.717) is 23.8 Å². The smallest absolute Gasteiger partial charge is 0.274 e. The Kier molecular flexibility index (Phi) is 4.92. The Labute approximate surface area is 161 Å². The second kappa shape index (κ2) is 7.83. The van der Waals surface area contributed by atoms with Gasteiger partial charge in [-0.15, -0.1) is 0 Å². The molecular weight excluding hydrogens is 360 g/mol. The fraction of sp³-hybridized carbons (Fsp3) is 0.150. The van der Waals surface area contributed by atoms with E-state index < -0.39 is 0 Å². The van der Waals surface area contributed by atoms with E-state index in [4.69, 9.17) is 14.2 Å². The molecule has 1 aliphatic heterocycles. The van der Waals surface area contributed by atoms with Crippen LogP contribution < -0.4 is 24.8 Å². The number of carbonyl (C=O) groups excluding carboxylic acids is 1. The lowest BCUT2D eigenvalue weighted by Gasteiger charge is -2.09. The fourth-order valence-corrected chi connectivity index (χ4v) is 2.72. The van der Waals surface area contributed by atoms with E-state index in [0.717, 1.165) is 17.1 Å². The molecule has 3 aromatic rings. The standard InChI is InChI=1S/C20H18N4O4/c1-26-15-4-2-3-14(8-15)24-20(25)16-9-19(23-11-22-16)21-10-13-5-6-17-18(7-13)28-12-27-17/h2-9,11H,10,12H2,1H3,(H,24,25)(H,21,22,23). The van der Waals surface area contributed by atoms with E-state index >= 15 is 0 Å². The summed E-state index contributed by atoms with van der Waals surface area (Å²) >= 11 is 0. The number of nitrogens with one attached hydrogen (secondary N) is 2. The molecule has 28 heavy (non-hydrogen) atoms. The van der Waals surface area contributed by atoms with Crippen LogP contribution >= 0.6 is 0 Å². The third-order valence-electron chi connectivity index (χ3n) is 4.14. The molecule has 1 aromatic heterocycles. The molecule has 2 N–H and O–H groups in total. The van der Waals surface area contributed by atoms with Gasteiger partial charge in [0.2, 0.25) is 6.79 Å². The van der Waals surface area contributed by atoms with E-state index in [1.165, 1.54) is 6.33 Å². The van der Waals surface area contributed by atoms with Gasteiger partial charge in [-0.1, -0.05) is 12.1 Å². The fourth-order valence-electron chi connectivity index (χ4n) is 2.72. The summed E-state index contributed by atoms with van der Waals surface area (Å²) in [6, 6.07) is 14.4. The monoisotopic (exact) mass is 378 g/mol. The molecule has 4 rings (SSSR count). The zero-order chi connectivity index (χ0) is 19.3. The Morgan fingerprint density at radius 2 is 2.00 bits per heavy atom. The third kappa shape index (κ3) is 3.96. The number of fused-ring (bicyclic) bond motifs is 1. The molecule has 2 aromatic carbocycles. The molecule has 0 bridgehead atoms. The van der Waals surface area contributed by atoms with E-state index in [9.17, 15) is 4.79 Å². The minimum absolute atomic E-state index is 0.240. The molecule has 0 unspecified atom stereocenters. The number of hydrogen-bond donors (Lipinski definition) is 2. The zero-order valence-corrected chi connectivity index (χ0v) is 15.1. The molecule has 0 saturated carbocycles. The quantitative estimate of drug-likeness (QED) is 0.681. The van der Waals surface area contributed by atoms with Crippen molar-refractivity contribution in [2.45, 2.75) is 6.54 Å². The summed E-state index contributed by atoms with van der Waals surface area (Å²) in [6.45, 7) is 0.758. The highest BCUT2D eigenvalue weighted by Gasteiger charge is 2.13. The van der Waals surface area contributed by atoms with E-state index in [2.05, 4.69) is 20.6 Å². The van der Waals surface area contributed by atoms with Gasteiger partial charge in [-0.25, -0.2) is 9.97 Å². The lowest BCUT2D eigenvalue weighted by molar-refractivity contribution is 0.102. The average molecular weight is 378 g/mol. The molecule has 142 valence electrons. The van der Waals surface area contributed by atoms with Crippen LogP contribution in [-0.4, -0.2) is 29.8 Å². The Hall–Kier alpha value is -3.81. The molecule has 0 aliphatic carbocycles. The SMILES string of the molecule is COc1cccc(NC(=O)c2cc(NCc3ccc4c(c3)OCO4)ncn2)c1. The second-order valence-corrected chi connectivity index (χ2v) is 6.02. The lowest BCUT2D eigenvalue weighted by Crippen LogP contribution is -2.14. The molecule has 1 aliphatic rings. The van der Waals surface area contributed by atoms with Gasteiger partial charge in [-0.05, 0) is 29.8 Å². The highest BCUT2D eigenvalue weighted by atomic mass is 16.7. The van der Waals surface area contributed by atoms with Gasteiger partial charge in [-0.2, -0.15) is 0 Å². The largest absolute Gasteiger partial charge is 0.497 e. The molecular formula is C20H18N4O4. The Bertz CT molecular complexity index is 1010. The summed E-state index contributed by atoms with van der Waals surface area (Å²) in [4.78, 5) is 20.7. The molecule has 0 radical (unpaired) electrons. The van der Waals surface area contributed by atoms with Crippen LogP contribution in [0.2, 0.25) is 0 Å². The van der Waals surface area contributed by atoms with Crippen LogP contribution in [0.5, 0.6) is 17.2 Å². The van der Waals surface area contributed by atoms with Crippen LogP contribution in [-0.2, 0) is 6.54 Å². The van der Waals surface area contributed by atoms with Crippen molar-refractivity contribution in [3.05, 3.63) is 66.1 Å². The van der Waals surface area contributed by atoms with Gasteiger partial charge in [0.05, 0.1) is 7.11 Å². The van der Waals surface area contributed by atoms with Crippen molar-refractivity contribution in [2.24, 2.45) is 0 Å². The van der Waals surface area contributed by atoms with Gasteiger partial charge in [-0.3, -0.25) is 4.79 Å². The minimum atomic E-state index is -0.332. The summed E-state index contributed by atoms with van der Waals surface area (Å²) in [5.41, 5.74) is 1.88. The minimum Gasteiger partial charge on any atom is -0.497 e. The lowest BCUT2D eigenvalue weighted by atomic mass is 10.2. The van der Waals surface area contributed by atoms with Crippen molar-refractivity contribution >= 4 is 17.4 Å². The van der Waals surface area contributed by atoms with Crippen LogP contribution in [0.15, 0.2) is 54.9 Å². The third-order valence-corrected chi connectivity index (χ3v) is 4.14. The van der Waals surface area contributed by atoms with Gasteiger partial charge in [0.15, 0.2) is 11.5 Å². The number of anilines is 2. The maximum atomic E-state index is 12.5. The molecule has 0 saturated heterocycles. The maximum absolute atomic E-state index is 12.5. The number of benzene rings is 2. The summed E-state index contributed by atoms with van der Waals surface area (Å²) in [5, 5.41) is 5.98. The topological polar surface area (TPSA) is 94.6 Å². The molecule has 8 nitrogen and oxygen atoms in total. The maximum Gasteiger partial charge on any atom is 0.274 e. The first-order valence-electron chi connectivity index (χ1n) is 8.61. The predicted octanol–water partition coefficient (Wildman–Crippen LogP) is 3.08. The zero-order valence-electron chi connectivity index (χ0n) is 15.1. The highest BCUT2D eigenvalue weighted by molar-refractivity contribution is 6.03. The first kappa shape index (κ1) is 17.6. The number of ether oxygens (including phenoxy) is 3. The van der Waals surface area contributed by atoms with Crippen LogP contribution in [0.4, 0.5) is 11.5 Å². The van der Waals surface area contributed by atoms with Gasteiger partial charge < -0.3 is 24.8 Å². The van der Waals surface area contributed by atoms with Crippen molar-refractivity contribution in [3.8, 4) is 17.2 Å². The van der Waals surface area contributed by atoms with Crippen LogP contribution in [0.25, 0.3) is 0 Å². The van der Waals surface area contributed by atoms with Crippen molar-refractivity contribution < 1.29 is 19.0 Å². The first-order chi connectivity index (χ1) is 13.7. The second-order valence-electron chi connectivity index (χ2n) is 6.02. The van der Waals surface area contributed by atoms with Crippen molar-refractivity contribution in [2.75, 3.05) is 24.5 Å². The summed E-state index contributed by atoms with van der Waals surface area (Å²) < 4.78 is 15.8. The van der Waals surface area contributed by atoms with Gasteiger partial charge in [0, 0.05) is 24.4 Å². The van der Waals surface area contributed by atoms with Crippen molar-refractivity contribution in [1.29, 1.82) is 0 Å². The molecule has 2 heterocycles. The number of aromatic nitrogens is 2. The summed E-state index contributed by atoms with van der Waals surface area (Å²) in [7, 11) is 1.57. The summed E-state index contributed by atoms with van der Waals surface area (Å²) in [6.07, 6.45) is 1.35. The highest BCUT2D eigenvalue weighted by Crippen LogP contribution is 2.32. The molecule has 1 amide bonds. The van der Waals surface area contributed by atoms with E-state index in [1.54, 1.807) is 37.4 Å². The molecule has 0 spiro atoms. The first-order valence-corrected chi connectivity index (χ1v) is 8.61. The number of hydrogen-bond acceptors (Lipinski definition) is 7. The predicted molar refractivity (Wildman–Crippen MR) is 103 cm³/mol. The van der Waals surface area contributed by atoms with Crippen molar-refractivity contribution in [3.63, 3.8) is 0 Å². The van der Waals surface area contributed by atoms with Gasteiger partial charge >= 0.3 is 0 Å². The normalized spacial score (nSPS) is 11.8.